The van der Waals surface area contributed by atoms with E-state index >= 15 is 47.1 Å². The molecule has 7 fully saturated rings. The molecule has 0 spiro atoms. The topological polar surface area (TPSA) is 289 Å². The predicted octanol–water partition coefficient (Wildman–Crippen LogP) is 6.29. The Balaban J connectivity index is 1.34. The third kappa shape index (κ3) is 22.7. The summed E-state index contributed by atoms with van der Waals surface area (Å²) in [5, 5.41) is 8.26. The van der Waals surface area contributed by atoms with Crippen LogP contribution >= 0.6 is 0 Å². The van der Waals surface area contributed by atoms with Crippen molar-refractivity contribution in [1.82, 2.24) is 60.0 Å². The van der Waals surface area contributed by atoms with Gasteiger partial charge in [0.15, 0.2) is 0 Å². The van der Waals surface area contributed by atoms with Crippen LogP contribution in [-0.2, 0) is 67.0 Å². The van der Waals surface area contributed by atoms with Gasteiger partial charge in [-0.2, -0.15) is 26.3 Å². The van der Waals surface area contributed by atoms with Crippen molar-refractivity contribution in [2.75, 3.05) is 101 Å². The number of amides is 12. The summed E-state index contributed by atoms with van der Waals surface area (Å²) in [6.45, 7) is 12.7. The summed E-state index contributed by atoms with van der Waals surface area (Å²) >= 11 is 0. The van der Waals surface area contributed by atoms with E-state index in [9.17, 15) is 45.5 Å². The van der Waals surface area contributed by atoms with E-state index in [1.165, 1.54) is 76.1 Å². The molecule has 3 aliphatic carbocycles. The molecule has 7 aliphatic rings. The molecule has 2 unspecified atom stereocenters. The average molecular weight is 1590 g/mol. The first-order valence-corrected chi connectivity index (χ1v) is 39.4. The molecule has 0 aromatic rings. The summed E-state index contributed by atoms with van der Waals surface area (Å²) in [6.07, 6.45) is -14.1. The van der Waals surface area contributed by atoms with Gasteiger partial charge in [-0.25, -0.2) is 8.78 Å². The number of carbonyl (C=O) groups excluding carboxylic acids is 12. The van der Waals surface area contributed by atoms with Crippen molar-refractivity contribution in [3.63, 3.8) is 0 Å². The van der Waals surface area contributed by atoms with Gasteiger partial charge in [0, 0.05) is 81.5 Å². The SMILES string of the molecule is C=CC[C@H]1C(=O)N[C@@H]([C@@H](C)CC)C(=O)N(C)CC(=O)N(C)[C@H]2CCCCCN(C2=O)[C@@H](CC2CCC(C(F)(F)F)CC2)C(=O)N(C)CC(=O)N[C@@H](CCC2CC(F)C(C(F)(F)F)C(F)C2)C(=O)N2C[C@H](OCC)C[C@H]2C(=O)N[C@](C)(CC=C)C(=O)N(C)[C@@H](C2CCCC2)C(=O)N(C)[C@H](C(=O)N2CCOCC2)CC(=O)N1C. The van der Waals surface area contributed by atoms with E-state index in [2.05, 4.69) is 29.1 Å². The van der Waals surface area contributed by atoms with Gasteiger partial charge in [-0.15, -0.1) is 13.2 Å². The Kier molecular flexibility index (Phi) is 32.7. The van der Waals surface area contributed by atoms with Gasteiger partial charge in [0.2, 0.25) is 70.9 Å². The van der Waals surface area contributed by atoms with Crippen LogP contribution in [0.25, 0.3) is 0 Å². The van der Waals surface area contributed by atoms with Crippen molar-refractivity contribution in [2.24, 2.45) is 35.5 Å². The van der Waals surface area contributed by atoms with E-state index in [0.29, 0.717) is 51.4 Å². The van der Waals surface area contributed by atoms with Crippen molar-refractivity contribution in [2.45, 2.75) is 254 Å². The molecule has 626 valence electrons. The fourth-order valence-corrected chi connectivity index (χ4v) is 17.4. The number of hydrogen-bond acceptors (Lipinski definition) is 14. The van der Waals surface area contributed by atoms with Gasteiger partial charge in [-0.1, -0.05) is 58.1 Å². The lowest BCUT2D eigenvalue weighted by molar-refractivity contribution is -0.219. The minimum Gasteiger partial charge on any atom is -0.378 e. The van der Waals surface area contributed by atoms with Crippen LogP contribution < -0.4 is 16.0 Å². The Labute approximate surface area is 646 Å². The molecule has 2 bridgehead atoms. The van der Waals surface area contributed by atoms with E-state index < -0.39 is 230 Å². The van der Waals surface area contributed by atoms with Gasteiger partial charge < -0.3 is 69.5 Å². The van der Waals surface area contributed by atoms with Gasteiger partial charge in [-0.3, -0.25) is 57.5 Å². The Morgan fingerprint density at radius 2 is 1.25 bits per heavy atom. The molecule has 0 aromatic carbocycles. The van der Waals surface area contributed by atoms with Crippen LogP contribution in [-0.4, -0.2) is 301 Å². The van der Waals surface area contributed by atoms with E-state index in [1.54, 1.807) is 20.8 Å². The lowest BCUT2D eigenvalue weighted by atomic mass is 9.76. The Bertz CT molecular complexity index is 3290. The predicted molar refractivity (Wildman–Crippen MR) is 392 cm³/mol. The molecule has 3 N–H and O–H groups in total. The first kappa shape index (κ1) is 90.7. The maximum atomic E-state index is 15.7. The highest BCUT2D eigenvalue weighted by molar-refractivity contribution is 6.01. The number of morpholine rings is 1. The van der Waals surface area contributed by atoms with Crippen LogP contribution in [0.4, 0.5) is 35.1 Å². The fraction of sp³-hybridized carbons (Fsp3) is 0.792. The number of hydrogen-bond donors (Lipinski definition) is 3. The van der Waals surface area contributed by atoms with Gasteiger partial charge in [0.25, 0.3) is 0 Å². The number of alkyl halides is 8. The Morgan fingerprint density at radius 1 is 0.631 bits per heavy atom. The standard InChI is InChI=1S/C77H118F8N12O14/c1-13-22-55-66(101)87-64(46(5)15-3)72(107)90(8)45-62(100)92(10)56-25-18-17-21-33-96(71(56)106)59(40-47-26-29-50(30-27-47)76(80,81)82)69(104)89(7)44-60(98)86-54(31-28-48-38-52(78)63(53(79)39-48)77(83,84)85)68(103)97-43-51(111-16-4)41-57(97)67(102)88-75(6,32-14-2)74(109)94(12)65(49-23-19-20-24-49)73(108)93(11)58(42-61(99)91(55)9)70(105)95-34-36-110-37-35-95/h13-14,46-59,63-65H,1-2,15-45H2,3-12H3,(H,86,98)(H,87,101)(H,88,102)/t46-,47?,48?,50?,51+,52?,53?,54-,55-,56-,57-,58-,59-,63?,64-,65-,75+/m0/s1. The molecule has 4 heterocycles. The number of nitrogens with one attached hydrogen (secondary N) is 3. The summed E-state index contributed by atoms with van der Waals surface area (Å²) in [5.41, 5.74) is -1.99. The van der Waals surface area contributed by atoms with Gasteiger partial charge in [0.05, 0.1) is 44.7 Å². The smallest absolute Gasteiger partial charge is 0.378 e. The van der Waals surface area contributed by atoms with Crippen LogP contribution in [0.15, 0.2) is 25.3 Å². The van der Waals surface area contributed by atoms with Crippen LogP contribution in [0.3, 0.4) is 0 Å². The van der Waals surface area contributed by atoms with E-state index in [1.807, 2.05) is 0 Å². The maximum Gasteiger partial charge on any atom is 0.397 e. The lowest BCUT2D eigenvalue weighted by Gasteiger charge is -2.42. The zero-order chi connectivity index (χ0) is 82.3. The first-order chi connectivity index (χ1) is 52.2. The molecule has 13 atom stereocenters. The number of fused-ring (bicyclic) bond motifs is 3. The van der Waals surface area contributed by atoms with Crippen molar-refractivity contribution in [3.05, 3.63) is 25.3 Å². The minimum atomic E-state index is -5.23. The Hall–Kier alpha value is -7.52. The molecule has 111 heavy (non-hydrogen) atoms. The summed E-state index contributed by atoms with van der Waals surface area (Å²) in [5.74, 6) is -17.3. The third-order valence-corrected chi connectivity index (χ3v) is 24.2. The number of carbonyl (C=O) groups is 12. The van der Waals surface area contributed by atoms with Crippen molar-refractivity contribution in [3.8, 4) is 0 Å². The highest BCUT2D eigenvalue weighted by Gasteiger charge is 2.55. The maximum absolute atomic E-state index is 15.7. The summed E-state index contributed by atoms with van der Waals surface area (Å²) in [7, 11) is 7.89. The molecule has 34 heteroatoms. The molecule has 26 nitrogen and oxygen atoms in total. The fourth-order valence-electron chi connectivity index (χ4n) is 17.4. The van der Waals surface area contributed by atoms with Crippen molar-refractivity contribution < 1.29 is 102 Å². The molecule has 4 saturated heterocycles. The number of rotatable bonds is 15. The molecule has 3 saturated carbocycles. The van der Waals surface area contributed by atoms with Crippen molar-refractivity contribution in [1.29, 1.82) is 0 Å². The van der Waals surface area contributed by atoms with Crippen LogP contribution in [0.1, 0.15) is 169 Å². The zero-order valence-corrected chi connectivity index (χ0v) is 66.1. The van der Waals surface area contributed by atoms with Gasteiger partial charge in [-0.05, 0) is 134 Å². The molecule has 12 amide bonds. The minimum absolute atomic E-state index is 0.00327. The molecule has 7 rings (SSSR count). The Morgan fingerprint density at radius 3 is 1.84 bits per heavy atom. The summed E-state index contributed by atoms with van der Waals surface area (Å²) in [4.78, 5) is 193. The second kappa shape index (κ2) is 40.0. The van der Waals surface area contributed by atoms with E-state index in [4.69, 9.17) is 9.47 Å². The average Bonchev–Trinajstić information content (AvgIpc) is 1.77. The van der Waals surface area contributed by atoms with E-state index in [0.717, 1.165) is 29.4 Å². The monoisotopic (exact) mass is 1590 g/mol. The number of likely N-dealkylation sites (N-methyl/N-ethyl adjacent to an activating group) is 6. The molecule has 0 aromatic heterocycles. The largest absolute Gasteiger partial charge is 0.397 e. The highest BCUT2D eigenvalue weighted by atomic mass is 19.4. The summed E-state index contributed by atoms with van der Waals surface area (Å²) in [6, 6.07) is -11.7. The van der Waals surface area contributed by atoms with E-state index in [-0.39, 0.29) is 110 Å². The van der Waals surface area contributed by atoms with Crippen molar-refractivity contribution >= 4 is 70.9 Å². The lowest BCUT2D eigenvalue weighted by Crippen LogP contribution is -2.65. The molecule has 4 aliphatic heterocycles. The number of halogens is 8. The quantitative estimate of drug-likeness (QED) is 0.120. The third-order valence-electron chi connectivity index (χ3n) is 24.2. The molecular weight excluding hydrogens is 1470 g/mol. The van der Waals surface area contributed by atoms with Crippen LogP contribution in [0.5, 0.6) is 0 Å². The van der Waals surface area contributed by atoms with Gasteiger partial charge in [0.1, 0.15) is 72.1 Å². The highest BCUT2D eigenvalue weighted by Crippen LogP contribution is 2.45. The van der Waals surface area contributed by atoms with Crippen LogP contribution in [0.2, 0.25) is 0 Å². The second-order valence-corrected chi connectivity index (χ2v) is 32.0. The zero-order valence-electron chi connectivity index (χ0n) is 66.1. The number of ether oxygens (including phenoxy) is 2. The molecule has 0 radical (unpaired) electrons. The second-order valence-electron chi connectivity index (χ2n) is 32.0. The first-order valence-electron chi connectivity index (χ1n) is 39.4. The summed E-state index contributed by atoms with van der Waals surface area (Å²) < 4.78 is 127. The normalized spacial score (nSPS) is 32.4. The molecular formula is C77H118F8N12O14. The number of nitrogens with zero attached hydrogens (tertiary/aromatic N) is 9. The van der Waals surface area contributed by atoms with Gasteiger partial charge >= 0.3 is 12.4 Å². The van der Waals surface area contributed by atoms with Crippen LogP contribution in [0, 0.1) is 35.5 Å².